The summed E-state index contributed by atoms with van der Waals surface area (Å²) in [5, 5.41) is 5.96. The fraction of sp³-hybridized carbons (Fsp3) is 0.222. The average Bonchev–Trinajstić information content (AvgIpc) is 2.96. The number of hydrogen-bond acceptors (Lipinski definition) is 5. The molecule has 27 heavy (non-hydrogen) atoms. The molecule has 0 saturated heterocycles. The Morgan fingerprint density at radius 3 is 2.67 bits per heavy atom. The van der Waals surface area contributed by atoms with E-state index in [-0.39, 0.29) is 15.9 Å². The lowest BCUT2D eigenvalue weighted by atomic mass is 10.1. The van der Waals surface area contributed by atoms with Gasteiger partial charge < -0.3 is 4.57 Å². The molecule has 0 fully saturated rings. The van der Waals surface area contributed by atoms with E-state index in [1.54, 1.807) is 30.3 Å². The van der Waals surface area contributed by atoms with Gasteiger partial charge in [-0.2, -0.15) is 0 Å². The van der Waals surface area contributed by atoms with Crippen molar-refractivity contribution >= 4 is 50.2 Å². The van der Waals surface area contributed by atoms with E-state index >= 15 is 0 Å². The number of benzene rings is 2. The minimum Gasteiger partial charge on any atom is -0.319 e. The molecule has 0 bridgehead atoms. The standard InChI is InChI=1S/C18H18ClN3O3S2/c1-3-22-16-8-7-14(27(20,24)25)10-15(16)21-18(22)26-11(2)17(23)12-5-4-6-13(19)9-12/h4-11H,3H2,1-2H3,(H2,20,24,25)/t11-/m0/s1. The van der Waals surface area contributed by atoms with E-state index in [0.29, 0.717) is 27.8 Å². The number of aromatic nitrogens is 2. The van der Waals surface area contributed by atoms with Crippen LogP contribution in [0.15, 0.2) is 52.5 Å². The van der Waals surface area contributed by atoms with Gasteiger partial charge in [-0.25, -0.2) is 18.5 Å². The van der Waals surface area contributed by atoms with Crippen molar-refractivity contribution in [2.45, 2.75) is 35.7 Å². The molecule has 9 heteroatoms. The molecule has 0 spiro atoms. The van der Waals surface area contributed by atoms with Gasteiger partial charge in [0, 0.05) is 17.1 Å². The maximum Gasteiger partial charge on any atom is 0.238 e. The summed E-state index contributed by atoms with van der Waals surface area (Å²) >= 11 is 7.29. The van der Waals surface area contributed by atoms with E-state index in [0.717, 1.165) is 5.52 Å². The molecule has 0 aliphatic carbocycles. The minimum atomic E-state index is -3.80. The maximum atomic E-state index is 12.7. The Labute approximate surface area is 166 Å². The second-order valence-corrected chi connectivity index (χ2v) is 9.27. The maximum absolute atomic E-state index is 12.7. The number of sulfonamides is 1. The van der Waals surface area contributed by atoms with Crippen LogP contribution in [0.2, 0.25) is 5.02 Å². The molecule has 1 heterocycles. The van der Waals surface area contributed by atoms with Gasteiger partial charge in [-0.05, 0) is 44.2 Å². The van der Waals surface area contributed by atoms with Gasteiger partial charge in [0.2, 0.25) is 10.0 Å². The van der Waals surface area contributed by atoms with Gasteiger partial charge in [0.15, 0.2) is 10.9 Å². The van der Waals surface area contributed by atoms with Crippen LogP contribution in [-0.2, 0) is 16.6 Å². The number of nitrogens with zero attached hydrogens (tertiary/aromatic N) is 2. The van der Waals surface area contributed by atoms with Crippen LogP contribution < -0.4 is 5.14 Å². The molecule has 0 aliphatic rings. The summed E-state index contributed by atoms with van der Waals surface area (Å²) in [7, 11) is -3.80. The molecule has 1 aromatic heterocycles. The van der Waals surface area contributed by atoms with Crippen LogP contribution >= 0.6 is 23.4 Å². The first-order valence-corrected chi connectivity index (χ1v) is 11.0. The number of hydrogen-bond donors (Lipinski definition) is 1. The molecule has 1 atom stereocenters. The molecule has 0 radical (unpaired) electrons. The quantitative estimate of drug-likeness (QED) is 0.481. The summed E-state index contributed by atoms with van der Waals surface area (Å²) in [6.45, 7) is 4.40. The van der Waals surface area contributed by atoms with E-state index < -0.39 is 10.0 Å². The largest absolute Gasteiger partial charge is 0.319 e. The second kappa shape index (κ2) is 7.63. The Bertz CT molecular complexity index is 1130. The summed E-state index contributed by atoms with van der Waals surface area (Å²) < 4.78 is 25.1. The Balaban J connectivity index is 1.95. The third-order valence-corrected chi connectivity index (χ3v) is 6.33. The molecule has 0 unspecified atom stereocenters. The molecule has 0 aliphatic heterocycles. The summed E-state index contributed by atoms with van der Waals surface area (Å²) in [4.78, 5) is 17.2. The first-order valence-electron chi connectivity index (χ1n) is 8.20. The van der Waals surface area contributed by atoms with E-state index in [2.05, 4.69) is 4.98 Å². The van der Waals surface area contributed by atoms with Crippen molar-refractivity contribution in [1.82, 2.24) is 9.55 Å². The van der Waals surface area contributed by atoms with E-state index in [1.807, 2.05) is 18.4 Å². The van der Waals surface area contributed by atoms with Crippen molar-refractivity contribution < 1.29 is 13.2 Å². The molecule has 0 amide bonds. The molecule has 6 nitrogen and oxygen atoms in total. The van der Waals surface area contributed by atoms with Crippen LogP contribution in [0.4, 0.5) is 0 Å². The number of thioether (sulfide) groups is 1. The van der Waals surface area contributed by atoms with E-state index in [4.69, 9.17) is 16.7 Å². The van der Waals surface area contributed by atoms with Crippen molar-refractivity contribution in [3.8, 4) is 0 Å². The van der Waals surface area contributed by atoms with Crippen molar-refractivity contribution in [2.75, 3.05) is 0 Å². The summed E-state index contributed by atoms with van der Waals surface area (Å²) in [5.41, 5.74) is 1.85. The summed E-state index contributed by atoms with van der Waals surface area (Å²) in [5.74, 6) is -0.0533. The van der Waals surface area contributed by atoms with Gasteiger partial charge in [0.1, 0.15) is 0 Å². The van der Waals surface area contributed by atoms with Crippen LogP contribution in [0, 0.1) is 0 Å². The van der Waals surface area contributed by atoms with Gasteiger partial charge in [-0.15, -0.1) is 0 Å². The smallest absolute Gasteiger partial charge is 0.238 e. The van der Waals surface area contributed by atoms with Crippen molar-refractivity contribution in [2.24, 2.45) is 5.14 Å². The highest BCUT2D eigenvalue weighted by Gasteiger charge is 2.21. The van der Waals surface area contributed by atoms with Gasteiger partial charge in [-0.1, -0.05) is 35.5 Å². The lowest BCUT2D eigenvalue weighted by Crippen LogP contribution is -2.14. The number of fused-ring (bicyclic) bond motifs is 1. The van der Waals surface area contributed by atoms with Crippen molar-refractivity contribution in [3.05, 3.63) is 53.1 Å². The molecule has 3 aromatic rings. The Hall–Kier alpha value is -1.87. The lowest BCUT2D eigenvalue weighted by Gasteiger charge is -2.11. The average molecular weight is 424 g/mol. The zero-order valence-corrected chi connectivity index (χ0v) is 17.1. The van der Waals surface area contributed by atoms with Gasteiger partial charge in [0.05, 0.1) is 21.2 Å². The van der Waals surface area contributed by atoms with E-state index in [1.165, 1.54) is 23.9 Å². The van der Waals surface area contributed by atoms with Crippen LogP contribution in [-0.4, -0.2) is 29.0 Å². The molecule has 0 saturated carbocycles. The molecular weight excluding hydrogens is 406 g/mol. The van der Waals surface area contributed by atoms with Crippen molar-refractivity contribution in [1.29, 1.82) is 0 Å². The lowest BCUT2D eigenvalue weighted by molar-refractivity contribution is 0.0994. The monoisotopic (exact) mass is 423 g/mol. The number of nitrogens with two attached hydrogens (primary N) is 1. The Kier molecular flexibility index (Phi) is 5.62. The number of carbonyl (C=O) groups is 1. The summed E-state index contributed by atoms with van der Waals surface area (Å²) in [6.07, 6.45) is 0. The highest BCUT2D eigenvalue weighted by molar-refractivity contribution is 8.00. The minimum absolute atomic E-state index is 0.00959. The fourth-order valence-electron chi connectivity index (χ4n) is 2.75. The van der Waals surface area contributed by atoms with Crippen molar-refractivity contribution in [3.63, 3.8) is 0 Å². The number of rotatable bonds is 6. The Morgan fingerprint density at radius 1 is 1.30 bits per heavy atom. The second-order valence-electron chi connectivity index (χ2n) is 5.97. The van der Waals surface area contributed by atoms with Gasteiger partial charge >= 0.3 is 0 Å². The van der Waals surface area contributed by atoms with Crippen LogP contribution in [0.1, 0.15) is 24.2 Å². The van der Waals surface area contributed by atoms with Crippen LogP contribution in [0.5, 0.6) is 0 Å². The van der Waals surface area contributed by atoms with Crippen LogP contribution in [0.3, 0.4) is 0 Å². The number of primary sulfonamides is 1. The Morgan fingerprint density at radius 2 is 2.04 bits per heavy atom. The molecular formula is C18H18ClN3O3S2. The third kappa shape index (κ3) is 4.19. The predicted octanol–water partition coefficient (Wildman–Crippen LogP) is 3.72. The molecule has 2 N–H and O–H groups in total. The first-order chi connectivity index (χ1) is 12.7. The number of carbonyl (C=O) groups excluding carboxylic acids is 1. The SMILES string of the molecule is CCn1c(S[C@@H](C)C(=O)c2cccc(Cl)c2)nc2cc(S(N)(=O)=O)ccc21. The third-order valence-electron chi connectivity index (χ3n) is 4.09. The summed E-state index contributed by atoms with van der Waals surface area (Å²) in [6, 6.07) is 11.4. The molecule has 3 rings (SSSR count). The fourth-order valence-corrected chi connectivity index (χ4v) is 4.54. The van der Waals surface area contributed by atoms with Crippen LogP contribution in [0.25, 0.3) is 11.0 Å². The first kappa shape index (κ1) is 19.9. The molecule has 142 valence electrons. The van der Waals surface area contributed by atoms with Gasteiger partial charge in [0.25, 0.3) is 0 Å². The zero-order chi connectivity index (χ0) is 19.8. The predicted molar refractivity (Wildman–Crippen MR) is 108 cm³/mol. The highest BCUT2D eigenvalue weighted by Crippen LogP contribution is 2.30. The topological polar surface area (TPSA) is 95.0 Å². The number of imidazole rings is 1. The number of Topliss-reactive ketones (excluding diaryl/α,β-unsaturated/α-hetero) is 1. The zero-order valence-electron chi connectivity index (χ0n) is 14.7. The number of halogens is 1. The normalized spacial score (nSPS) is 13.0. The van der Waals surface area contributed by atoms with Gasteiger partial charge in [-0.3, -0.25) is 4.79 Å². The van der Waals surface area contributed by atoms with E-state index in [9.17, 15) is 13.2 Å². The molecule has 2 aromatic carbocycles. The number of aryl methyl sites for hydroxylation is 1. The number of ketones is 1. The highest BCUT2D eigenvalue weighted by atomic mass is 35.5.